The third-order valence-corrected chi connectivity index (χ3v) is 2.92. The number of nitrogens with one attached hydrogen (secondary N) is 1. The first-order valence-electron chi connectivity index (χ1n) is 5.08. The smallest absolute Gasteiger partial charge is 0.241 e. The van der Waals surface area contributed by atoms with E-state index < -0.39 is 5.82 Å². The van der Waals surface area contributed by atoms with Gasteiger partial charge in [-0.05, 0) is 19.1 Å². The number of amides is 1. The quantitative estimate of drug-likeness (QED) is 0.918. The van der Waals surface area contributed by atoms with Crippen molar-refractivity contribution in [1.29, 1.82) is 0 Å². The number of nitrogens with zero attached hydrogens (tertiary/aromatic N) is 1. The molecule has 3 nitrogen and oxygen atoms in total. The van der Waals surface area contributed by atoms with Crippen molar-refractivity contribution in [3.05, 3.63) is 28.0 Å². The second-order valence-electron chi connectivity index (χ2n) is 3.51. The van der Waals surface area contributed by atoms with Crippen LogP contribution in [-0.2, 0) is 4.79 Å². The molecule has 0 saturated carbocycles. The van der Waals surface area contributed by atoms with Crippen LogP contribution in [0.4, 0.5) is 10.1 Å². The lowest BCUT2D eigenvalue weighted by Crippen LogP contribution is -2.32. The Bertz CT molecular complexity index is 403. The second-order valence-corrected chi connectivity index (χ2v) is 4.32. The molecule has 0 radical (unpaired) electrons. The van der Waals surface area contributed by atoms with Crippen molar-refractivity contribution in [3.8, 4) is 0 Å². The Balaban J connectivity index is 2.73. The van der Waals surface area contributed by atoms with Crippen LogP contribution in [0.25, 0.3) is 0 Å². The summed E-state index contributed by atoms with van der Waals surface area (Å²) in [5.74, 6) is -0.605. The van der Waals surface area contributed by atoms with E-state index in [0.29, 0.717) is 12.2 Å². The van der Waals surface area contributed by atoms with E-state index >= 15 is 0 Å². The number of rotatable bonds is 4. The first-order valence-corrected chi connectivity index (χ1v) is 5.83. The van der Waals surface area contributed by atoms with E-state index in [0.717, 1.165) is 12.1 Å². The molecule has 0 aromatic heterocycles. The van der Waals surface area contributed by atoms with E-state index in [2.05, 4.69) is 5.32 Å². The van der Waals surface area contributed by atoms with E-state index in [-0.39, 0.29) is 22.5 Å². The standard InChI is InChI=1S/C11H13Cl2FN2O/c1-3-16(2)10(17)6-15-11-8(12)4-7(14)5-9(11)13/h4-5,15H,3,6H2,1-2H3. The van der Waals surface area contributed by atoms with Crippen LogP contribution in [0.3, 0.4) is 0 Å². The minimum Gasteiger partial charge on any atom is -0.374 e. The highest BCUT2D eigenvalue weighted by Gasteiger charge is 2.11. The Morgan fingerprint density at radius 2 is 1.94 bits per heavy atom. The topological polar surface area (TPSA) is 32.3 Å². The number of hydrogen-bond donors (Lipinski definition) is 1. The van der Waals surface area contributed by atoms with Gasteiger partial charge >= 0.3 is 0 Å². The SMILES string of the molecule is CCN(C)C(=O)CNc1c(Cl)cc(F)cc1Cl. The number of likely N-dealkylation sites (N-methyl/N-ethyl adjacent to an activating group) is 1. The number of benzene rings is 1. The largest absolute Gasteiger partial charge is 0.374 e. The molecule has 1 N–H and O–H groups in total. The zero-order chi connectivity index (χ0) is 13.0. The molecular weight excluding hydrogens is 266 g/mol. The molecule has 1 aromatic rings. The Morgan fingerprint density at radius 1 is 1.41 bits per heavy atom. The fourth-order valence-electron chi connectivity index (χ4n) is 1.19. The lowest BCUT2D eigenvalue weighted by Gasteiger charge is -2.16. The highest BCUT2D eigenvalue weighted by Crippen LogP contribution is 2.31. The molecule has 0 spiro atoms. The van der Waals surface area contributed by atoms with Crippen molar-refractivity contribution in [3.63, 3.8) is 0 Å². The third kappa shape index (κ3) is 3.75. The Morgan fingerprint density at radius 3 is 2.41 bits per heavy atom. The Hall–Kier alpha value is -1.00. The summed E-state index contributed by atoms with van der Waals surface area (Å²) in [6.07, 6.45) is 0. The van der Waals surface area contributed by atoms with Crippen molar-refractivity contribution < 1.29 is 9.18 Å². The maximum absolute atomic E-state index is 12.9. The Kier molecular flexibility index (Phi) is 5.02. The molecule has 0 aliphatic carbocycles. The van der Waals surface area contributed by atoms with E-state index in [4.69, 9.17) is 23.2 Å². The summed E-state index contributed by atoms with van der Waals surface area (Å²) in [4.78, 5) is 13.1. The second kappa shape index (κ2) is 6.07. The monoisotopic (exact) mass is 278 g/mol. The molecule has 0 bridgehead atoms. The predicted octanol–water partition coefficient (Wildman–Crippen LogP) is 3.02. The summed E-state index contributed by atoms with van der Waals surface area (Å²) in [6.45, 7) is 2.55. The van der Waals surface area contributed by atoms with E-state index in [1.54, 1.807) is 11.9 Å². The maximum atomic E-state index is 12.9. The van der Waals surface area contributed by atoms with Gasteiger partial charge in [0.05, 0.1) is 22.3 Å². The Labute approximate surface area is 109 Å². The molecule has 0 unspecified atom stereocenters. The van der Waals surface area contributed by atoms with Crippen molar-refractivity contribution in [2.24, 2.45) is 0 Å². The highest BCUT2D eigenvalue weighted by atomic mass is 35.5. The van der Waals surface area contributed by atoms with Crippen LogP contribution in [0.15, 0.2) is 12.1 Å². The van der Waals surface area contributed by atoms with Crippen molar-refractivity contribution in [1.82, 2.24) is 4.90 Å². The van der Waals surface area contributed by atoms with Crippen LogP contribution in [-0.4, -0.2) is 30.9 Å². The summed E-state index contributed by atoms with van der Waals surface area (Å²) in [5, 5.41) is 3.11. The fourth-order valence-corrected chi connectivity index (χ4v) is 1.78. The predicted molar refractivity (Wildman–Crippen MR) is 68.2 cm³/mol. The van der Waals surface area contributed by atoms with Gasteiger partial charge in [-0.3, -0.25) is 4.79 Å². The van der Waals surface area contributed by atoms with Crippen LogP contribution >= 0.6 is 23.2 Å². The van der Waals surface area contributed by atoms with Gasteiger partial charge in [0.25, 0.3) is 0 Å². The first-order chi connectivity index (χ1) is 7.95. The number of halogens is 3. The van der Waals surface area contributed by atoms with Gasteiger partial charge in [0.2, 0.25) is 5.91 Å². The number of anilines is 1. The van der Waals surface area contributed by atoms with Crippen molar-refractivity contribution >= 4 is 34.8 Å². The lowest BCUT2D eigenvalue weighted by molar-refractivity contribution is -0.127. The summed E-state index contributed by atoms with van der Waals surface area (Å²) in [5.41, 5.74) is 0.368. The number of hydrogen-bond acceptors (Lipinski definition) is 2. The van der Waals surface area contributed by atoms with Gasteiger partial charge in [0, 0.05) is 13.6 Å². The zero-order valence-corrected chi connectivity index (χ0v) is 11.1. The summed E-state index contributed by atoms with van der Waals surface area (Å²) >= 11 is 11.6. The van der Waals surface area contributed by atoms with Crippen LogP contribution < -0.4 is 5.32 Å². The molecule has 94 valence electrons. The molecule has 0 fully saturated rings. The molecule has 0 aliphatic heterocycles. The van der Waals surface area contributed by atoms with Crippen LogP contribution in [0.1, 0.15) is 6.92 Å². The van der Waals surface area contributed by atoms with Gasteiger partial charge in [-0.2, -0.15) is 0 Å². The summed E-state index contributed by atoms with van der Waals surface area (Å²) in [7, 11) is 1.69. The van der Waals surface area contributed by atoms with E-state index in [1.807, 2.05) is 6.92 Å². The lowest BCUT2D eigenvalue weighted by atomic mass is 10.3. The first kappa shape index (κ1) is 14.1. The van der Waals surface area contributed by atoms with Gasteiger partial charge in [0.1, 0.15) is 5.82 Å². The third-order valence-electron chi connectivity index (χ3n) is 2.32. The van der Waals surface area contributed by atoms with Gasteiger partial charge in [-0.15, -0.1) is 0 Å². The molecule has 0 aliphatic rings. The van der Waals surface area contributed by atoms with Gasteiger partial charge in [-0.25, -0.2) is 4.39 Å². The number of carbonyl (C=O) groups is 1. The van der Waals surface area contributed by atoms with Crippen LogP contribution in [0.2, 0.25) is 10.0 Å². The van der Waals surface area contributed by atoms with E-state index in [1.165, 1.54) is 0 Å². The normalized spacial score (nSPS) is 10.2. The van der Waals surface area contributed by atoms with Crippen LogP contribution in [0.5, 0.6) is 0 Å². The minimum atomic E-state index is -0.512. The molecule has 1 rings (SSSR count). The summed E-state index contributed by atoms with van der Waals surface area (Å²) in [6, 6.07) is 2.29. The van der Waals surface area contributed by atoms with Gasteiger partial charge in [0.15, 0.2) is 0 Å². The molecule has 6 heteroatoms. The molecule has 1 amide bonds. The van der Waals surface area contributed by atoms with E-state index in [9.17, 15) is 9.18 Å². The van der Waals surface area contributed by atoms with Gasteiger partial charge in [-0.1, -0.05) is 23.2 Å². The average Bonchev–Trinajstić information content (AvgIpc) is 2.26. The average molecular weight is 279 g/mol. The molecule has 0 saturated heterocycles. The molecule has 1 aromatic carbocycles. The molecule has 0 heterocycles. The molecular formula is C11H13Cl2FN2O. The molecule has 0 atom stereocenters. The maximum Gasteiger partial charge on any atom is 0.241 e. The highest BCUT2D eigenvalue weighted by molar-refractivity contribution is 6.39. The van der Waals surface area contributed by atoms with Crippen molar-refractivity contribution in [2.45, 2.75) is 6.92 Å². The minimum absolute atomic E-state index is 0.0649. The van der Waals surface area contributed by atoms with Gasteiger partial charge < -0.3 is 10.2 Å². The number of carbonyl (C=O) groups excluding carboxylic acids is 1. The fraction of sp³-hybridized carbons (Fsp3) is 0.364. The van der Waals surface area contributed by atoms with Crippen molar-refractivity contribution in [2.75, 3.05) is 25.5 Å². The zero-order valence-electron chi connectivity index (χ0n) is 9.56. The van der Waals surface area contributed by atoms with Crippen LogP contribution in [0, 0.1) is 5.82 Å². The summed E-state index contributed by atoms with van der Waals surface area (Å²) < 4.78 is 12.9. The molecule has 17 heavy (non-hydrogen) atoms.